The predicted octanol–water partition coefficient (Wildman–Crippen LogP) is 4.74. The summed E-state index contributed by atoms with van der Waals surface area (Å²) in [6.45, 7) is 2.48. The van der Waals surface area contributed by atoms with Gasteiger partial charge in [0.25, 0.3) is 0 Å². The van der Waals surface area contributed by atoms with Crippen molar-refractivity contribution in [2.75, 3.05) is 12.5 Å². The number of methoxy groups -OCH3 is 1. The molecular formula is C24H21IN4O4. The van der Waals surface area contributed by atoms with Gasteiger partial charge in [-0.2, -0.15) is 10.4 Å². The van der Waals surface area contributed by atoms with E-state index in [1.165, 1.54) is 0 Å². The summed E-state index contributed by atoms with van der Waals surface area (Å²) in [6.07, 6.45) is 1.64. The van der Waals surface area contributed by atoms with Crippen LogP contribution in [0.2, 0.25) is 0 Å². The van der Waals surface area contributed by atoms with Gasteiger partial charge in [0.15, 0.2) is 5.82 Å². The van der Waals surface area contributed by atoms with E-state index in [0.717, 1.165) is 26.0 Å². The van der Waals surface area contributed by atoms with Crippen molar-refractivity contribution >= 4 is 40.6 Å². The maximum absolute atomic E-state index is 10.9. The average Bonchev–Trinajstić information content (AvgIpc) is 2.79. The lowest BCUT2D eigenvalue weighted by atomic mass is 10.1. The van der Waals surface area contributed by atoms with Crippen molar-refractivity contribution in [3.8, 4) is 11.8 Å². The van der Waals surface area contributed by atoms with Gasteiger partial charge in [0.05, 0.1) is 22.0 Å². The van der Waals surface area contributed by atoms with Crippen LogP contribution in [-0.4, -0.2) is 29.4 Å². The molecule has 0 saturated carbocycles. The van der Waals surface area contributed by atoms with Gasteiger partial charge in [-0.25, -0.2) is 9.78 Å². The number of carboxylic acids is 1. The number of nitrogens with zero attached hydrogens (tertiary/aromatic N) is 3. The molecular weight excluding hydrogens is 535 g/mol. The number of carbonyl (C=O) groups is 1. The highest BCUT2D eigenvalue weighted by Crippen LogP contribution is 2.23. The number of benzene rings is 2. The highest BCUT2D eigenvalue weighted by molar-refractivity contribution is 14.1. The SMILES string of the molecule is COCc1cc(C)nc(NN=Cc2ccc(OCc3ccc(C(=O)O)cc3)c(I)c2)c1C#N. The normalized spacial score (nSPS) is 10.7. The molecule has 0 saturated heterocycles. The molecule has 0 aliphatic heterocycles. The summed E-state index contributed by atoms with van der Waals surface area (Å²) in [4.78, 5) is 15.3. The second kappa shape index (κ2) is 11.4. The number of hydrogen-bond donors (Lipinski definition) is 2. The molecule has 1 aromatic heterocycles. The Balaban J connectivity index is 1.66. The third-order valence-corrected chi connectivity index (χ3v) is 5.42. The molecule has 1 heterocycles. The lowest BCUT2D eigenvalue weighted by Crippen LogP contribution is -2.03. The molecule has 168 valence electrons. The third kappa shape index (κ3) is 6.50. The molecule has 0 unspecified atom stereocenters. The van der Waals surface area contributed by atoms with E-state index in [9.17, 15) is 10.1 Å². The molecule has 8 nitrogen and oxygen atoms in total. The van der Waals surface area contributed by atoms with Gasteiger partial charge in [0.2, 0.25) is 0 Å². The van der Waals surface area contributed by atoms with E-state index >= 15 is 0 Å². The molecule has 0 fully saturated rings. The molecule has 3 aromatic rings. The number of carboxylic acid groups (broad SMARTS) is 1. The highest BCUT2D eigenvalue weighted by atomic mass is 127. The van der Waals surface area contributed by atoms with Crippen LogP contribution in [0.5, 0.6) is 5.75 Å². The number of aromatic carboxylic acids is 1. The summed E-state index contributed by atoms with van der Waals surface area (Å²) in [6, 6.07) is 16.2. The smallest absolute Gasteiger partial charge is 0.335 e. The van der Waals surface area contributed by atoms with E-state index in [1.807, 2.05) is 31.2 Å². The van der Waals surface area contributed by atoms with Gasteiger partial charge < -0.3 is 14.6 Å². The largest absolute Gasteiger partial charge is 0.488 e. The Morgan fingerprint density at radius 2 is 2.00 bits per heavy atom. The van der Waals surface area contributed by atoms with Gasteiger partial charge >= 0.3 is 5.97 Å². The fraction of sp³-hybridized carbons (Fsp3) is 0.167. The number of aryl methyl sites for hydroxylation is 1. The third-order valence-electron chi connectivity index (χ3n) is 4.58. The fourth-order valence-corrected chi connectivity index (χ4v) is 3.70. The Morgan fingerprint density at radius 1 is 1.24 bits per heavy atom. The minimum Gasteiger partial charge on any atom is -0.488 e. The summed E-state index contributed by atoms with van der Waals surface area (Å²) < 4.78 is 11.9. The molecule has 2 N–H and O–H groups in total. The van der Waals surface area contributed by atoms with Crippen molar-refractivity contribution in [2.45, 2.75) is 20.1 Å². The quantitative estimate of drug-likeness (QED) is 0.222. The van der Waals surface area contributed by atoms with Crippen LogP contribution >= 0.6 is 22.6 Å². The van der Waals surface area contributed by atoms with E-state index in [4.69, 9.17) is 14.6 Å². The van der Waals surface area contributed by atoms with Crippen LogP contribution in [0.4, 0.5) is 5.82 Å². The van der Waals surface area contributed by atoms with E-state index in [1.54, 1.807) is 37.6 Å². The number of aromatic nitrogens is 1. The van der Waals surface area contributed by atoms with Crippen molar-refractivity contribution in [2.24, 2.45) is 5.10 Å². The number of pyridine rings is 1. The van der Waals surface area contributed by atoms with Crippen molar-refractivity contribution < 1.29 is 19.4 Å². The van der Waals surface area contributed by atoms with Crippen LogP contribution in [0.15, 0.2) is 53.6 Å². The number of nitrogens with one attached hydrogen (secondary N) is 1. The number of nitriles is 1. The van der Waals surface area contributed by atoms with E-state index in [0.29, 0.717) is 30.3 Å². The maximum Gasteiger partial charge on any atom is 0.335 e. The highest BCUT2D eigenvalue weighted by Gasteiger charge is 2.11. The molecule has 33 heavy (non-hydrogen) atoms. The van der Waals surface area contributed by atoms with Crippen molar-refractivity contribution in [3.05, 3.63) is 85.6 Å². The number of hydrogen-bond acceptors (Lipinski definition) is 7. The number of halogens is 1. The van der Waals surface area contributed by atoms with E-state index in [2.05, 4.69) is 44.2 Å². The average molecular weight is 556 g/mol. The summed E-state index contributed by atoms with van der Waals surface area (Å²) in [7, 11) is 1.58. The van der Waals surface area contributed by atoms with Crippen LogP contribution in [0, 0.1) is 21.8 Å². The molecule has 3 rings (SSSR count). The monoisotopic (exact) mass is 556 g/mol. The molecule has 0 amide bonds. The Bertz CT molecular complexity index is 1220. The van der Waals surface area contributed by atoms with Gasteiger partial charge in [0.1, 0.15) is 24.0 Å². The zero-order chi connectivity index (χ0) is 23.8. The first kappa shape index (κ1) is 24.2. The van der Waals surface area contributed by atoms with Crippen molar-refractivity contribution in [1.82, 2.24) is 4.98 Å². The van der Waals surface area contributed by atoms with Crippen molar-refractivity contribution in [1.29, 1.82) is 5.26 Å². The molecule has 0 atom stereocenters. The summed E-state index contributed by atoms with van der Waals surface area (Å²) in [5.41, 5.74) is 6.71. The lowest BCUT2D eigenvalue weighted by Gasteiger charge is -2.10. The summed E-state index contributed by atoms with van der Waals surface area (Å²) in [5, 5.41) is 22.7. The van der Waals surface area contributed by atoms with E-state index in [-0.39, 0.29) is 5.56 Å². The molecule has 9 heteroatoms. The Morgan fingerprint density at radius 3 is 2.64 bits per heavy atom. The van der Waals surface area contributed by atoms with Crippen LogP contribution in [-0.2, 0) is 18.0 Å². The molecule has 2 aromatic carbocycles. The Labute approximate surface area is 205 Å². The van der Waals surface area contributed by atoms with Crippen LogP contribution < -0.4 is 10.2 Å². The molecule has 0 spiro atoms. The minimum absolute atomic E-state index is 0.239. The molecule has 0 aliphatic rings. The molecule has 0 bridgehead atoms. The lowest BCUT2D eigenvalue weighted by molar-refractivity contribution is 0.0697. The molecule has 0 radical (unpaired) electrons. The van der Waals surface area contributed by atoms with Gasteiger partial charge in [-0.15, -0.1) is 0 Å². The van der Waals surface area contributed by atoms with Gasteiger partial charge in [-0.1, -0.05) is 12.1 Å². The standard InChI is InChI=1S/C24H21IN4O4/c1-15-9-19(14-32-2)20(11-26)23(28-15)29-27-12-17-5-8-22(21(25)10-17)33-13-16-3-6-18(7-4-16)24(30)31/h3-10,12H,13-14H2,1-2H3,(H,28,29)(H,30,31). The van der Waals surface area contributed by atoms with Crippen LogP contribution in [0.3, 0.4) is 0 Å². The first-order valence-electron chi connectivity index (χ1n) is 9.84. The minimum atomic E-state index is -0.957. The zero-order valence-electron chi connectivity index (χ0n) is 18.0. The first-order chi connectivity index (χ1) is 15.9. The first-order valence-corrected chi connectivity index (χ1v) is 10.9. The number of ether oxygens (including phenoxy) is 2. The van der Waals surface area contributed by atoms with Gasteiger partial charge in [-0.3, -0.25) is 5.43 Å². The second-order valence-electron chi connectivity index (χ2n) is 7.04. The fourth-order valence-electron chi connectivity index (χ4n) is 3.00. The van der Waals surface area contributed by atoms with E-state index < -0.39 is 5.97 Å². The number of hydrazone groups is 1. The maximum atomic E-state index is 10.9. The summed E-state index contributed by atoms with van der Waals surface area (Å²) >= 11 is 2.18. The van der Waals surface area contributed by atoms with Crippen molar-refractivity contribution in [3.63, 3.8) is 0 Å². The second-order valence-corrected chi connectivity index (χ2v) is 8.20. The van der Waals surface area contributed by atoms with Gasteiger partial charge in [0, 0.05) is 18.4 Å². The summed E-state index contributed by atoms with van der Waals surface area (Å²) in [5.74, 6) is 0.130. The van der Waals surface area contributed by atoms with Gasteiger partial charge in [-0.05, 0) is 77.0 Å². The van der Waals surface area contributed by atoms with Crippen LogP contribution in [0.1, 0.15) is 38.3 Å². The number of anilines is 1. The Hall–Kier alpha value is -3.49. The number of rotatable bonds is 9. The molecule has 0 aliphatic carbocycles. The van der Waals surface area contributed by atoms with Crippen LogP contribution in [0.25, 0.3) is 0 Å². The predicted molar refractivity (Wildman–Crippen MR) is 133 cm³/mol. The zero-order valence-corrected chi connectivity index (χ0v) is 20.2. The Kier molecular flexibility index (Phi) is 8.34. The topological polar surface area (TPSA) is 117 Å².